The summed E-state index contributed by atoms with van der Waals surface area (Å²) in [5.74, 6) is -2.20. The first-order valence-corrected chi connectivity index (χ1v) is 26.2. The SMILES string of the molecule is COc1cc(C(=O)NCCOCCO[C@H]2CC[C@H](Nc3nccc(-c4cnn(Cc5ccccc5)c4N(C)C)n3)CC2)ccc1NC(=O)[C@@H]1N[C@@H](CC(C)(C)C)[C@](C#N)(c2ccc(Cl)cc2F)[C@H]1c1cccc(Cl)c1F. The molecule has 4 atom stereocenters. The number of anilines is 3. The van der Waals surface area contributed by atoms with Gasteiger partial charge in [-0.2, -0.15) is 10.4 Å². The van der Waals surface area contributed by atoms with Gasteiger partial charge in [0.15, 0.2) is 0 Å². The van der Waals surface area contributed by atoms with Gasteiger partial charge in [-0.05, 0) is 91.1 Å². The Morgan fingerprint density at radius 2 is 1.74 bits per heavy atom. The first kappa shape index (κ1) is 55.5. The minimum atomic E-state index is -1.81. The van der Waals surface area contributed by atoms with Crippen molar-refractivity contribution in [2.75, 3.05) is 63.1 Å². The summed E-state index contributed by atoms with van der Waals surface area (Å²) in [5, 5.41) is 28.3. The predicted molar refractivity (Wildman–Crippen MR) is 291 cm³/mol. The van der Waals surface area contributed by atoms with Crippen molar-refractivity contribution in [3.8, 4) is 23.1 Å². The summed E-state index contributed by atoms with van der Waals surface area (Å²) in [6.45, 7) is 7.77. The second kappa shape index (κ2) is 24.5. The number of carbonyl (C=O) groups is 2. The summed E-state index contributed by atoms with van der Waals surface area (Å²) in [5.41, 5.74) is 1.06. The van der Waals surface area contributed by atoms with E-state index in [1.165, 1.54) is 55.6 Å². The molecule has 0 radical (unpaired) electrons. The highest BCUT2D eigenvalue weighted by Crippen LogP contribution is 2.53. The number of rotatable bonds is 20. The van der Waals surface area contributed by atoms with Gasteiger partial charge in [-0.15, -0.1) is 0 Å². The fourth-order valence-electron chi connectivity index (χ4n) is 10.5. The monoisotopic (exact) mass is 1080 g/mol. The van der Waals surface area contributed by atoms with Crippen LogP contribution in [-0.4, -0.2) is 103 Å². The molecule has 4 N–H and O–H groups in total. The Hall–Kier alpha value is -6.68. The van der Waals surface area contributed by atoms with Gasteiger partial charge in [0.05, 0.1) is 79.9 Å². The molecule has 400 valence electrons. The molecule has 19 heteroatoms. The average molecular weight is 1080 g/mol. The first-order valence-electron chi connectivity index (χ1n) is 25.4. The van der Waals surface area contributed by atoms with Crippen LogP contribution >= 0.6 is 23.2 Å². The second-order valence-electron chi connectivity index (χ2n) is 20.6. The number of nitrogens with one attached hydrogen (secondary N) is 4. The number of hydrogen-bond acceptors (Lipinski definition) is 12. The summed E-state index contributed by atoms with van der Waals surface area (Å²) in [7, 11) is 5.41. The number of amides is 2. The first-order chi connectivity index (χ1) is 36.5. The summed E-state index contributed by atoms with van der Waals surface area (Å²) in [6.07, 6.45) is 7.60. The van der Waals surface area contributed by atoms with E-state index in [2.05, 4.69) is 49.4 Å². The maximum absolute atomic E-state index is 16.2. The highest BCUT2D eigenvalue weighted by atomic mass is 35.5. The highest BCUT2D eigenvalue weighted by molar-refractivity contribution is 6.31. The second-order valence-corrected chi connectivity index (χ2v) is 21.5. The van der Waals surface area contributed by atoms with Crippen molar-refractivity contribution in [3.63, 3.8) is 0 Å². The van der Waals surface area contributed by atoms with Gasteiger partial charge < -0.3 is 40.4 Å². The minimum Gasteiger partial charge on any atom is -0.495 e. The quantitative estimate of drug-likeness (QED) is 0.0532. The molecule has 1 aliphatic heterocycles. The molecule has 8 rings (SSSR count). The summed E-state index contributed by atoms with van der Waals surface area (Å²) < 4.78 is 51.8. The third-order valence-electron chi connectivity index (χ3n) is 13.9. The molecule has 6 aromatic rings. The molecule has 2 aliphatic rings. The van der Waals surface area contributed by atoms with Crippen LogP contribution in [0.4, 0.5) is 26.2 Å². The van der Waals surface area contributed by atoms with Crippen molar-refractivity contribution in [2.45, 2.75) is 95.0 Å². The van der Waals surface area contributed by atoms with E-state index in [1.54, 1.807) is 6.20 Å². The zero-order valence-electron chi connectivity index (χ0n) is 43.5. The summed E-state index contributed by atoms with van der Waals surface area (Å²) >= 11 is 12.5. The number of nitrogens with zero attached hydrogens (tertiary/aromatic N) is 6. The lowest BCUT2D eigenvalue weighted by Crippen LogP contribution is -2.45. The topological polar surface area (TPSA) is 181 Å². The Labute approximate surface area is 452 Å². The van der Waals surface area contributed by atoms with E-state index in [1.807, 2.05) is 70.0 Å². The zero-order valence-corrected chi connectivity index (χ0v) is 45.0. The molecule has 0 spiro atoms. The van der Waals surface area contributed by atoms with Crippen molar-refractivity contribution in [2.24, 2.45) is 5.41 Å². The third kappa shape index (κ3) is 12.8. The molecular formula is C57H64Cl2F2N10O5. The molecule has 15 nitrogen and oxygen atoms in total. The van der Waals surface area contributed by atoms with Crippen molar-refractivity contribution in [3.05, 3.63) is 147 Å². The number of aromatic nitrogens is 4. The number of halogens is 4. The number of methoxy groups -OCH3 is 1. The van der Waals surface area contributed by atoms with Gasteiger partial charge in [0.2, 0.25) is 11.9 Å². The van der Waals surface area contributed by atoms with Gasteiger partial charge in [-0.3, -0.25) is 9.59 Å². The van der Waals surface area contributed by atoms with E-state index in [-0.39, 0.29) is 63.5 Å². The van der Waals surface area contributed by atoms with E-state index >= 15 is 8.78 Å². The summed E-state index contributed by atoms with van der Waals surface area (Å²) in [4.78, 5) is 39.3. The standard InChI is InChI=1S/C57H64Cl2F2N10O5/c1-56(2,3)31-48-57(34-62,42-21-16-37(58)30-44(42)60)49(40-13-10-14-43(59)50(40)61)51(69-48)53(73)67-46-22-15-36(29-47(46)74-6)52(72)63-25-26-75-27-28-76-39-19-17-38(18-20-39)66-55-64-24-23-45(68-55)41-32-65-71(54(41)70(4)5)33-35-11-8-7-9-12-35/h7-16,21-24,29-30,32,38-39,48-49,51,69H,17-20,25-28,31,33H2,1-6H3,(H,63,72)(H,67,73)(H,64,66,68)/t38-,39-,48-,49-,51+,57-/m0/s1. The molecule has 3 heterocycles. The lowest BCUT2D eigenvalue weighted by Gasteiger charge is -2.37. The van der Waals surface area contributed by atoms with Crippen LogP contribution in [0.5, 0.6) is 5.75 Å². The van der Waals surface area contributed by atoms with Crippen LogP contribution in [0.25, 0.3) is 11.3 Å². The Bertz CT molecular complexity index is 3030. The Kier molecular flexibility index (Phi) is 17.9. The van der Waals surface area contributed by atoms with E-state index in [0.29, 0.717) is 32.1 Å². The number of benzene rings is 4. The zero-order chi connectivity index (χ0) is 54.1. The number of carbonyl (C=O) groups excluding carboxylic acids is 2. The summed E-state index contributed by atoms with van der Waals surface area (Å²) in [6, 6.07) is 25.4. The molecule has 1 aliphatic carbocycles. The van der Waals surface area contributed by atoms with E-state index in [9.17, 15) is 14.9 Å². The lowest BCUT2D eigenvalue weighted by molar-refractivity contribution is -0.118. The fourth-order valence-corrected chi connectivity index (χ4v) is 10.8. The average Bonchev–Trinajstić information content (AvgIpc) is 4.03. The lowest BCUT2D eigenvalue weighted by atomic mass is 9.62. The molecule has 76 heavy (non-hydrogen) atoms. The van der Waals surface area contributed by atoms with Crippen molar-refractivity contribution in [1.29, 1.82) is 5.26 Å². The van der Waals surface area contributed by atoms with Crippen LogP contribution < -0.4 is 30.9 Å². The van der Waals surface area contributed by atoms with Gasteiger partial charge in [-0.25, -0.2) is 23.4 Å². The maximum Gasteiger partial charge on any atom is 0.251 e. The molecule has 0 bridgehead atoms. The molecule has 2 fully saturated rings. The Morgan fingerprint density at radius 3 is 2.45 bits per heavy atom. The van der Waals surface area contributed by atoms with Gasteiger partial charge in [0, 0.05) is 61.0 Å². The van der Waals surface area contributed by atoms with Gasteiger partial charge in [0.1, 0.15) is 28.6 Å². The number of ether oxygens (including phenoxy) is 3. The minimum absolute atomic E-state index is 0.0373. The van der Waals surface area contributed by atoms with Crippen molar-refractivity contribution >= 4 is 52.5 Å². The predicted octanol–water partition coefficient (Wildman–Crippen LogP) is 10.2. The smallest absolute Gasteiger partial charge is 0.251 e. The molecule has 1 saturated carbocycles. The van der Waals surface area contributed by atoms with Gasteiger partial charge >= 0.3 is 0 Å². The van der Waals surface area contributed by atoms with Crippen LogP contribution in [0.15, 0.2) is 103 Å². The van der Waals surface area contributed by atoms with Gasteiger partial charge in [-0.1, -0.05) is 92.5 Å². The van der Waals surface area contributed by atoms with Crippen LogP contribution in [0.3, 0.4) is 0 Å². The largest absolute Gasteiger partial charge is 0.495 e. The van der Waals surface area contributed by atoms with Crippen molar-refractivity contribution in [1.82, 2.24) is 30.4 Å². The van der Waals surface area contributed by atoms with Crippen LogP contribution in [0.2, 0.25) is 10.0 Å². The molecule has 4 aromatic carbocycles. The Morgan fingerprint density at radius 1 is 0.961 bits per heavy atom. The number of nitriles is 1. The maximum atomic E-state index is 16.2. The normalized spacial score (nSPS) is 20.4. The van der Waals surface area contributed by atoms with E-state index in [0.717, 1.165) is 54.4 Å². The molecule has 2 aromatic heterocycles. The van der Waals surface area contributed by atoms with Crippen molar-refractivity contribution < 1.29 is 32.6 Å². The highest BCUT2D eigenvalue weighted by Gasteiger charge is 2.61. The van der Waals surface area contributed by atoms with E-state index < -0.39 is 52.3 Å². The fraction of sp³-hybridized carbons (Fsp3) is 0.404. The van der Waals surface area contributed by atoms with Gasteiger partial charge in [0.25, 0.3) is 5.91 Å². The van der Waals surface area contributed by atoms with Crippen LogP contribution in [0.1, 0.15) is 85.8 Å². The Balaban J connectivity index is 0.811. The van der Waals surface area contributed by atoms with E-state index in [4.69, 9.17) is 47.5 Å². The molecule has 2 amide bonds. The van der Waals surface area contributed by atoms with Crippen LogP contribution in [-0.2, 0) is 26.2 Å². The third-order valence-corrected chi connectivity index (χ3v) is 14.4. The van der Waals surface area contributed by atoms with Crippen LogP contribution in [0, 0.1) is 28.4 Å². The molecule has 1 saturated heterocycles. The molecule has 0 unspecified atom stereocenters. The number of hydrogen-bond donors (Lipinski definition) is 4. The molecular weight excluding hydrogens is 1010 g/mol.